The SMILES string of the molecule is Cl[AsH]CCCCC[As](c1ccccc1)(c1ccccc1)(c1ccccc1)c1ccccc1. The Hall–Kier alpha value is -1.71. The molecular weight excluding hydrogens is 534 g/mol. The van der Waals surface area contributed by atoms with E-state index in [1.54, 1.807) is 0 Å². The Labute approximate surface area is 204 Å². The van der Waals surface area contributed by atoms with Crippen LogP contribution in [0.1, 0.15) is 19.3 Å². The van der Waals surface area contributed by atoms with Gasteiger partial charge in [-0.25, -0.2) is 0 Å². The molecule has 164 valence electrons. The second-order valence-electron chi connectivity index (χ2n) is 8.31. The van der Waals surface area contributed by atoms with Gasteiger partial charge in [0.05, 0.1) is 0 Å². The van der Waals surface area contributed by atoms with Crippen LogP contribution in [0, 0.1) is 0 Å². The molecule has 0 saturated heterocycles. The Morgan fingerprint density at radius 2 is 0.812 bits per heavy atom. The molecule has 0 radical (unpaired) electrons. The van der Waals surface area contributed by atoms with Crippen molar-refractivity contribution in [3.8, 4) is 0 Å². The zero-order chi connectivity index (χ0) is 22.1. The molecule has 4 aromatic rings. The van der Waals surface area contributed by atoms with E-state index in [4.69, 9.17) is 9.95 Å². The summed E-state index contributed by atoms with van der Waals surface area (Å²) in [5.74, 6) is 0. The molecule has 1 unspecified atom stereocenters. The summed E-state index contributed by atoms with van der Waals surface area (Å²) in [6.07, 6.45) is 3.70. The van der Waals surface area contributed by atoms with Gasteiger partial charge in [-0.2, -0.15) is 0 Å². The van der Waals surface area contributed by atoms with Gasteiger partial charge in [-0.3, -0.25) is 0 Å². The van der Waals surface area contributed by atoms with Gasteiger partial charge in [-0.1, -0.05) is 0 Å². The van der Waals surface area contributed by atoms with Gasteiger partial charge in [-0.15, -0.1) is 0 Å². The van der Waals surface area contributed by atoms with E-state index in [0.29, 0.717) is 0 Å². The van der Waals surface area contributed by atoms with Crippen molar-refractivity contribution < 1.29 is 0 Å². The first kappa shape index (κ1) is 23.4. The van der Waals surface area contributed by atoms with Gasteiger partial charge in [0.25, 0.3) is 0 Å². The monoisotopic (exact) mass is 564 g/mol. The molecule has 0 nitrogen and oxygen atoms in total. The van der Waals surface area contributed by atoms with Gasteiger partial charge >= 0.3 is 206 Å². The molecule has 1 atom stereocenters. The first-order valence-corrected chi connectivity index (χ1v) is 20.7. The molecule has 0 aliphatic heterocycles. The van der Waals surface area contributed by atoms with Crippen molar-refractivity contribution in [2.75, 3.05) is 0 Å². The van der Waals surface area contributed by atoms with Crippen molar-refractivity contribution in [2.45, 2.75) is 29.7 Å². The molecule has 0 heterocycles. The van der Waals surface area contributed by atoms with Gasteiger partial charge in [-0.05, 0) is 0 Å². The maximum absolute atomic E-state index is 6.12. The second kappa shape index (κ2) is 10.9. The Morgan fingerprint density at radius 1 is 0.469 bits per heavy atom. The van der Waals surface area contributed by atoms with Crippen LogP contribution in [0.25, 0.3) is 0 Å². The number of hydrogen-bond donors (Lipinski definition) is 0. The van der Waals surface area contributed by atoms with Crippen molar-refractivity contribution in [3.63, 3.8) is 0 Å². The molecule has 4 aromatic carbocycles. The van der Waals surface area contributed by atoms with Crippen molar-refractivity contribution in [3.05, 3.63) is 121 Å². The molecule has 4 rings (SSSR count). The fourth-order valence-electron chi connectivity index (χ4n) is 5.24. The Morgan fingerprint density at radius 3 is 1.12 bits per heavy atom. The molecule has 0 fully saturated rings. The first-order valence-electron chi connectivity index (χ1n) is 11.4. The zero-order valence-corrected chi connectivity index (χ0v) is 23.1. The van der Waals surface area contributed by atoms with Crippen molar-refractivity contribution in [2.24, 2.45) is 0 Å². The van der Waals surface area contributed by atoms with E-state index in [1.165, 1.54) is 47.1 Å². The third-order valence-corrected chi connectivity index (χ3v) is 23.4. The molecule has 0 aliphatic rings. The van der Waals surface area contributed by atoms with Gasteiger partial charge in [0.1, 0.15) is 0 Å². The quantitative estimate of drug-likeness (QED) is 0.184. The van der Waals surface area contributed by atoms with Crippen molar-refractivity contribution >= 4 is 54.6 Å². The van der Waals surface area contributed by atoms with E-state index in [9.17, 15) is 0 Å². The summed E-state index contributed by atoms with van der Waals surface area (Å²) in [4.78, 5) is 0. The maximum atomic E-state index is 6.12. The number of halogens is 1. The van der Waals surface area contributed by atoms with E-state index in [2.05, 4.69) is 121 Å². The normalized spacial score (nSPS) is 13.1. The van der Waals surface area contributed by atoms with Crippen LogP contribution in [-0.2, 0) is 0 Å². The fraction of sp³-hybridized carbons (Fsp3) is 0.172. The van der Waals surface area contributed by atoms with Crippen LogP contribution in [0.4, 0.5) is 0 Å². The van der Waals surface area contributed by atoms with E-state index < -0.39 is 12.5 Å². The third kappa shape index (κ3) is 4.14. The van der Waals surface area contributed by atoms with Crippen LogP contribution >= 0.6 is 9.95 Å². The average molecular weight is 565 g/mol. The minimum absolute atomic E-state index is 0.266. The summed E-state index contributed by atoms with van der Waals surface area (Å²) >= 11 is -4.02. The Balaban J connectivity index is 2.09. The van der Waals surface area contributed by atoms with E-state index in [1.807, 2.05) is 0 Å². The molecule has 0 spiro atoms. The van der Waals surface area contributed by atoms with Crippen LogP contribution in [0.15, 0.2) is 121 Å². The minimum atomic E-state index is -3.75. The zero-order valence-electron chi connectivity index (χ0n) is 18.4. The fourth-order valence-corrected chi connectivity index (χ4v) is 21.4. The first-order chi connectivity index (χ1) is 15.8. The molecule has 0 saturated carbocycles. The second-order valence-corrected chi connectivity index (χ2v) is 22.1. The van der Waals surface area contributed by atoms with Gasteiger partial charge in [0.2, 0.25) is 0 Å². The Kier molecular flexibility index (Phi) is 8.01. The van der Waals surface area contributed by atoms with E-state index >= 15 is 0 Å². The number of hydrogen-bond acceptors (Lipinski definition) is 0. The molecule has 32 heavy (non-hydrogen) atoms. The summed E-state index contributed by atoms with van der Waals surface area (Å²) in [5, 5.41) is 2.40. The molecule has 0 aromatic heterocycles. The van der Waals surface area contributed by atoms with Crippen molar-refractivity contribution in [1.82, 2.24) is 0 Å². The number of benzene rings is 4. The summed E-state index contributed by atoms with van der Waals surface area (Å²) in [7, 11) is 6.12. The van der Waals surface area contributed by atoms with E-state index in [0.717, 1.165) is 0 Å². The molecular formula is C29H31As2Cl. The van der Waals surface area contributed by atoms with Crippen LogP contribution in [0.5, 0.6) is 0 Å². The van der Waals surface area contributed by atoms with Gasteiger partial charge < -0.3 is 0 Å². The van der Waals surface area contributed by atoms with Crippen LogP contribution in [0.3, 0.4) is 0 Å². The summed E-state index contributed by atoms with van der Waals surface area (Å²) in [5.41, 5.74) is 0. The summed E-state index contributed by atoms with van der Waals surface area (Å²) in [6, 6.07) is 45.5. The van der Waals surface area contributed by atoms with Crippen LogP contribution in [0.2, 0.25) is 10.4 Å². The molecule has 3 heteroatoms. The predicted octanol–water partition coefficient (Wildman–Crippen LogP) is 5.20. The summed E-state index contributed by atoms with van der Waals surface area (Å²) in [6.45, 7) is 0. The average Bonchev–Trinajstić information content (AvgIpc) is 2.89. The molecule has 0 aliphatic carbocycles. The molecule has 0 amide bonds. The standard InChI is InChI=1S/C29H31As2Cl/c32-30-24-14-5-15-25-31(26-16-6-1-7-17-26,27-18-8-2-9-19-27,28-20-10-3-11-21-28)29-22-12-4-13-23-29/h1-4,6-13,16-23,30H,5,14-15,24-25H2. The van der Waals surface area contributed by atoms with Crippen molar-refractivity contribution in [1.29, 1.82) is 0 Å². The number of unbranched alkanes of at least 4 members (excludes halogenated alkanes) is 2. The third-order valence-electron chi connectivity index (χ3n) is 6.68. The number of rotatable bonds is 10. The van der Waals surface area contributed by atoms with Crippen LogP contribution < -0.4 is 17.4 Å². The van der Waals surface area contributed by atoms with Gasteiger partial charge in [0.15, 0.2) is 0 Å². The van der Waals surface area contributed by atoms with Gasteiger partial charge in [0, 0.05) is 0 Å². The molecule has 0 bridgehead atoms. The van der Waals surface area contributed by atoms with Crippen LogP contribution in [-0.4, -0.2) is 27.3 Å². The summed E-state index contributed by atoms with van der Waals surface area (Å²) < 4.78 is 6.00. The Bertz CT molecular complexity index is 914. The van der Waals surface area contributed by atoms with E-state index in [-0.39, 0.29) is 14.8 Å². The predicted molar refractivity (Wildman–Crippen MR) is 147 cm³/mol. The topological polar surface area (TPSA) is 0 Å². The molecule has 0 N–H and O–H groups in total.